The fraction of sp³-hybridized carbons (Fsp3) is 0.250. The number of anilines is 1. The lowest BCUT2D eigenvalue weighted by atomic mass is 10.2. The van der Waals surface area contributed by atoms with Crippen LogP contribution in [0.2, 0.25) is 0 Å². The van der Waals surface area contributed by atoms with E-state index in [0.717, 1.165) is 26.5 Å². The molecule has 1 aromatic carbocycles. The van der Waals surface area contributed by atoms with Crippen LogP contribution < -0.4 is 10.5 Å². The highest BCUT2D eigenvalue weighted by Crippen LogP contribution is 2.22. The highest BCUT2D eigenvalue weighted by atomic mass is 127. The van der Waals surface area contributed by atoms with Crippen LogP contribution in [0.25, 0.3) is 4.96 Å². The van der Waals surface area contributed by atoms with Gasteiger partial charge in [0.05, 0.1) is 12.2 Å². The van der Waals surface area contributed by atoms with Gasteiger partial charge >= 0.3 is 0 Å². The van der Waals surface area contributed by atoms with E-state index in [4.69, 9.17) is 0 Å². The highest BCUT2D eigenvalue weighted by molar-refractivity contribution is 14.1. The molecule has 2 heterocycles. The first kappa shape index (κ1) is 16.4. The van der Waals surface area contributed by atoms with Crippen LogP contribution >= 0.6 is 33.9 Å². The summed E-state index contributed by atoms with van der Waals surface area (Å²) in [5.41, 5.74) is 1.57. The number of aromatic nitrogens is 2. The molecule has 0 saturated carbocycles. The van der Waals surface area contributed by atoms with Crippen LogP contribution in [0, 0.1) is 16.4 Å². The zero-order valence-electron chi connectivity index (χ0n) is 12.7. The van der Waals surface area contributed by atoms with Crippen molar-refractivity contribution >= 4 is 44.6 Å². The van der Waals surface area contributed by atoms with E-state index >= 15 is 0 Å². The van der Waals surface area contributed by atoms with Crippen molar-refractivity contribution in [2.75, 3.05) is 11.4 Å². The molecule has 23 heavy (non-hydrogen) atoms. The fourth-order valence-electron chi connectivity index (χ4n) is 2.41. The van der Waals surface area contributed by atoms with E-state index < -0.39 is 0 Å². The number of rotatable bonds is 4. The third-order valence-electron chi connectivity index (χ3n) is 3.60. The molecule has 2 aromatic heterocycles. The number of thiazole rings is 1. The molecule has 0 fully saturated rings. The molecule has 0 radical (unpaired) electrons. The lowest BCUT2D eigenvalue weighted by Gasteiger charge is -2.22. The van der Waals surface area contributed by atoms with Gasteiger partial charge in [-0.2, -0.15) is 0 Å². The summed E-state index contributed by atoms with van der Waals surface area (Å²) in [5.74, 6) is -0.258. The van der Waals surface area contributed by atoms with Gasteiger partial charge in [-0.15, -0.1) is 11.3 Å². The van der Waals surface area contributed by atoms with Gasteiger partial charge in [0.25, 0.3) is 5.56 Å². The summed E-state index contributed by atoms with van der Waals surface area (Å²) >= 11 is 3.68. The number of fused-ring (bicyclic) bond motifs is 1. The van der Waals surface area contributed by atoms with E-state index in [1.165, 1.54) is 23.5 Å². The van der Waals surface area contributed by atoms with E-state index in [9.17, 15) is 9.18 Å². The lowest BCUT2D eigenvalue weighted by molar-refractivity contribution is 0.627. The smallest absolute Gasteiger partial charge is 0.259 e. The normalized spacial score (nSPS) is 11.1. The first-order chi connectivity index (χ1) is 11.0. The van der Waals surface area contributed by atoms with Crippen LogP contribution in [-0.4, -0.2) is 15.9 Å². The summed E-state index contributed by atoms with van der Waals surface area (Å²) in [4.78, 5) is 20.8. The molecule has 0 atom stereocenters. The molecule has 7 heteroatoms. The molecule has 3 aromatic rings. The number of hydrogen-bond acceptors (Lipinski definition) is 4. The van der Waals surface area contributed by atoms with Crippen LogP contribution in [0.5, 0.6) is 0 Å². The predicted molar refractivity (Wildman–Crippen MR) is 99.9 cm³/mol. The molecule has 0 saturated heterocycles. The minimum absolute atomic E-state index is 0.0612. The Balaban J connectivity index is 1.96. The number of hydrogen-bond donors (Lipinski definition) is 0. The number of benzene rings is 1. The summed E-state index contributed by atoms with van der Waals surface area (Å²) < 4.78 is 15.6. The van der Waals surface area contributed by atoms with Crippen LogP contribution in [0.4, 0.5) is 10.1 Å². The summed E-state index contributed by atoms with van der Waals surface area (Å²) in [6.45, 7) is 5.26. The molecule has 4 nitrogen and oxygen atoms in total. The lowest BCUT2D eigenvalue weighted by Crippen LogP contribution is -2.24. The third kappa shape index (κ3) is 3.25. The first-order valence-corrected chi connectivity index (χ1v) is 9.07. The average molecular weight is 443 g/mol. The predicted octanol–water partition coefficient (Wildman–Crippen LogP) is 3.83. The van der Waals surface area contributed by atoms with Crippen LogP contribution in [0.3, 0.4) is 0 Å². The van der Waals surface area contributed by atoms with Gasteiger partial charge in [0.2, 0.25) is 0 Å². The Hall–Kier alpha value is -1.48. The highest BCUT2D eigenvalue weighted by Gasteiger charge is 2.13. The summed E-state index contributed by atoms with van der Waals surface area (Å²) in [6, 6.07) is 7.93. The monoisotopic (exact) mass is 443 g/mol. The Bertz CT molecular complexity index is 904. The molecule has 0 unspecified atom stereocenters. The van der Waals surface area contributed by atoms with Crippen molar-refractivity contribution < 1.29 is 4.39 Å². The van der Waals surface area contributed by atoms with Gasteiger partial charge in [-0.25, -0.2) is 13.8 Å². The van der Waals surface area contributed by atoms with Gasteiger partial charge in [0.15, 0.2) is 4.96 Å². The molecule has 0 amide bonds. The Morgan fingerprint density at radius 3 is 2.70 bits per heavy atom. The van der Waals surface area contributed by atoms with E-state index in [0.29, 0.717) is 11.5 Å². The molecule has 0 N–H and O–H groups in total. The average Bonchev–Trinajstić information content (AvgIpc) is 2.81. The van der Waals surface area contributed by atoms with Gasteiger partial charge in [-0.1, -0.05) is 0 Å². The molecule has 3 rings (SSSR count). The van der Waals surface area contributed by atoms with Gasteiger partial charge < -0.3 is 4.90 Å². The largest absolute Gasteiger partial charge is 0.366 e. The number of nitrogens with zero attached hydrogens (tertiary/aromatic N) is 3. The fourth-order valence-corrected chi connectivity index (χ4v) is 4.25. The van der Waals surface area contributed by atoms with Crippen molar-refractivity contribution in [2.24, 2.45) is 0 Å². The van der Waals surface area contributed by atoms with E-state index in [-0.39, 0.29) is 11.4 Å². The van der Waals surface area contributed by atoms with Crippen molar-refractivity contribution in [1.82, 2.24) is 9.38 Å². The molecule has 0 aliphatic heterocycles. The third-order valence-corrected chi connectivity index (χ3v) is 6.21. The number of halogens is 2. The van der Waals surface area contributed by atoms with Gasteiger partial charge in [0, 0.05) is 23.2 Å². The maximum absolute atomic E-state index is 13.1. The topological polar surface area (TPSA) is 37.6 Å². The molecule has 0 aliphatic carbocycles. The second-order valence-electron chi connectivity index (χ2n) is 5.14. The van der Waals surface area contributed by atoms with Crippen molar-refractivity contribution in [2.45, 2.75) is 20.4 Å². The molecule has 120 valence electrons. The first-order valence-electron chi connectivity index (χ1n) is 7.17. The molecular weight excluding hydrogens is 428 g/mol. The van der Waals surface area contributed by atoms with Crippen molar-refractivity contribution in [1.29, 1.82) is 0 Å². The van der Waals surface area contributed by atoms with E-state index in [1.807, 2.05) is 13.8 Å². The Morgan fingerprint density at radius 2 is 2.04 bits per heavy atom. The Kier molecular flexibility index (Phi) is 4.67. The summed E-state index contributed by atoms with van der Waals surface area (Å²) in [6.07, 6.45) is 0. The molecule has 0 spiro atoms. The van der Waals surface area contributed by atoms with Crippen LogP contribution in [0.15, 0.2) is 35.1 Å². The molecule has 0 aliphatic rings. The Morgan fingerprint density at radius 1 is 1.35 bits per heavy atom. The van der Waals surface area contributed by atoms with Gasteiger partial charge in [0.1, 0.15) is 9.52 Å². The zero-order chi connectivity index (χ0) is 16.6. The van der Waals surface area contributed by atoms with E-state index in [1.54, 1.807) is 22.6 Å². The minimum Gasteiger partial charge on any atom is -0.366 e. The second-order valence-corrected chi connectivity index (χ2v) is 7.35. The van der Waals surface area contributed by atoms with Crippen molar-refractivity contribution in [3.8, 4) is 0 Å². The Labute approximate surface area is 150 Å². The maximum Gasteiger partial charge on any atom is 0.259 e. The zero-order valence-corrected chi connectivity index (χ0v) is 15.7. The summed E-state index contributed by atoms with van der Waals surface area (Å²) in [7, 11) is 0. The molecule has 0 bridgehead atoms. The maximum atomic E-state index is 13.1. The molecular formula is C16H15FIN3OS. The SMILES string of the molecule is CCN(Cc1cc(=O)n2c(I)c(C)sc2n1)c1ccc(F)cc1. The number of aryl methyl sites for hydroxylation is 1. The van der Waals surface area contributed by atoms with Gasteiger partial charge in [-0.05, 0) is 60.7 Å². The van der Waals surface area contributed by atoms with E-state index in [2.05, 4.69) is 32.5 Å². The van der Waals surface area contributed by atoms with Gasteiger partial charge in [-0.3, -0.25) is 4.79 Å². The van der Waals surface area contributed by atoms with Crippen molar-refractivity contribution in [3.05, 3.63) is 60.8 Å². The van der Waals surface area contributed by atoms with Crippen LogP contribution in [0.1, 0.15) is 17.5 Å². The summed E-state index contributed by atoms with van der Waals surface area (Å²) in [5, 5.41) is 0. The second kappa shape index (κ2) is 6.56. The minimum atomic E-state index is -0.258. The van der Waals surface area contributed by atoms with Crippen molar-refractivity contribution in [3.63, 3.8) is 0 Å². The van der Waals surface area contributed by atoms with Crippen LogP contribution in [-0.2, 0) is 6.54 Å². The quantitative estimate of drug-likeness (QED) is 0.576. The standard InChI is InChI=1S/C16H15FIN3OS/c1-3-20(13-6-4-11(17)5-7-13)9-12-8-14(22)21-15(18)10(2)23-16(21)19-12/h4-8H,3,9H2,1-2H3.